The summed E-state index contributed by atoms with van der Waals surface area (Å²) < 4.78 is 16.6. The van der Waals surface area contributed by atoms with Gasteiger partial charge in [0.1, 0.15) is 11.4 Å². The van der Waals surface area contributed by atoms with E-state index < -0.39 is 30.2 Å². The Kier molecular flexibility index (Phi) is 4.50. The van der Waals surface area contributed by atoms with E-state index in [1.807, 2.05) is 27.7 Å². The van der Waals surface area contributed by atoms with Crippen molar-refractivity contribution in [2.24, 2.45) is 0 Å². The van der Waals surface area contributed by atoms with Crippen molar-refractivity contribution in [1.29, 1.82) is 0 Å². The summed E-state index contributed by atoms with van der Waals surface area (Å²) in [5, 5.41) is 2.46. The largest absolute Gasteiger partial charge is 0.497 e. The van der Waals surface area contributed by atoms with Crippen LogP contribution < -0.4 is 10.8 Å². The summed E-state index contributed by atoms with van der Waals surface area (Å²) >= 11 is 0. The third-order valence-corrected chi connectivity index (χ3v) is 4.27. The van der Waals surface area contributed by atoms with Gasteiger partial charge in [-0.3, -0.25) is 4.79 Å². The molecule has 23 heavy (non-hydrogen) atoms. The van der Waals surface area contributed by atoms with E-state index in [0.29, 0.717) is 5.46 Å². The predicted octanol–water partition coefficient (Wildman–Crippen LogP) is 0.527. The van der Waals surface area contributed by atoms with E-state index in [2.05, 4.69) is 10.3 Å². The Hall–Kier alpha value is -1.93. The molecule has 7 nitrogen and oxygen atoms in total. The SMILES string of the molecule is CNC(=O)c1ccc(B2OC(C)(C)C(C)(C)O2)c(C(=O)OC)n1. The lowest BCUT2D eigenvalue weighted by molar-refractivity contribution is 0.00578. The van der Waals surface area contributed by atoms with Gasteiger partial charge in [0.15, 0.2) is 0 Å². The molecule has 0 unspecified atom stereocenters. The molecule has 0 aliphatic carbocycles. The standard InChI is InChI=1S/C15H21BN2O5/c1-14(2)15(3,4)23-16(22-14)9-7-8-10(12(19)17-5)18-11(9)13(20)21-6/h7-8H,1-6H3,(H,17,19). The maximum atomic E-state index is 12.0. The summed E-state index contributed by atoms with van der Waals surface area (Å²) in [6.45, 7) is 7.66. The Morgan fingerprint density at radius 2 is 1.74 bits per heavy atom. The van der Waals surface area contributed by atoms with Crippen molar-refractivity contribution in [3.05, 3.63) is 23.5 Å². The molecule has 124 valence electrons. The zero-order valence-corrected chi connectivity index (χ0v) is 14.2. The second kappa shape index (κ2) is 5.94. The number of pyridine rings is 1. The van der Waals surface area contributed by atoms with Crippen molar-refractivity contribution >= 4 is 24.5 Å². The van der Waals surface area contributed by atoms with Crippen LogP contribution in [0.15, 0.2) is 12.1 Å². The zero-order chi connectivity index (χ0) is 17.4. The average Bonchev–Trinajstić information content (AvgIpc) is 2.73. The molecular formula is C15H21BN2O5. The number of rotatable bonds is 3. The lowest BCUT2D eigenvalue weighted by Crippen LogP contribution is -2.41. The normalized spacial score (nSPS) is 18.6. The van der Waals surface area contributed by atoms with Gasteiger partial charge < -0.3 is 19.4 Å². The molecule has 1 N–H and O–H groups in total. The van der Waals surface area contributed by atoms with Crippen LogP contribution in [0, 0.1) is 0 Å². The van der Waals surface area contributed by atoms with Crippen molar-refractivity contribution in [1.82, 2.24) is 10.3 Å². The molecule has 1 aliphatic rings. The molecular weight excluding hydrogens is 299 g/mol. The highest BCUT2D eigenvalue weighted by Gasteiger charge is 2.52. The maximum Gasteiger partial charge on any atom is 0.497 e. The fourth-order valence-corrected chi connectivity index (χ4v) is 2.14. The van der Waals surface area contributed by atoms with E-state index in [0.717, 1.165) is 0 Å². The fourth-order valence-electron chi connectivity index (χ4n) is 2.14. The Balaban J connectivity index is 2.47. The molecule has 0 spiro atoms. The van der Waals surface area contributed by atoms with Crippen LogP contribution >= 0.6 is 0 Å². The van der Waals surface area contributed by atoms with E-state index in [-0.39, 0.29) is 11.4 Å². The molecule has 1 saturated heterocycles. The monoisotopic (exact) mass is 320 g/mol. The van der Waals surface area contributed by atoms with Gasteiger partial charge in [-0.15, -0.1) is 0 Å². The van der Waals surface area contributed by atoms with Crippen LogP contribution in [0.1, 0.15) is 48.7 Å². The molecule has 2 heterocycles. The molecule has 1 aliphatic heterocycles. The Labute approximate surface area is 135 Å². The van der Waals surface area contributed by atoms with Gasteiger partial charge in [0.25, 0.3) is 5.91 Å². The number of esters is 1. The Bertz CT molecular complexity index is 629. The van der Waals surface area contributed by atoms with E-state index in [1.54, 1.807) is 6.07 Å². The molecule has 0 atom stereocenters. The molecule has 8 heteroatoms. The number of ether oxygens (including phenoxy) is 1. The number of aromatic nitrogens is 1. The molecule has 0 aromatic carbocycles. The van der Waals surface area contributed by atoms with Crippen molar-refractivity contribution in [2.75, 3.05) is 14.2 Å². The maximum absolute atomic E-state index is 12.0. The van der Waals surface area contributed by atoms with Gasteiger partial charge in [0, 0.05) is 12.5 Å². The summed E-state index contributed by atoms with van der Waals surface area (Å²) in [4.78, 5) is 27.9. The lowest BCUT2D eigenvalue weighted by atomic mass is 9.77. The second-order valence-electron chi connectivity index (χ2n) is 6.29. The first-order chi connectivity index (χ1) is 10.6. The van der Waals surface area contributed by atoms with Crippen molar-refractivity contribution in [3.8, 4) is 0 Å². The quantitative estimate of drug-likeness (QED) is 0.646. The summed E-state index contributed by atoms with van der Waals surface area (Å²) in [7, 11) is 1.98. The molecule has 1 aromatic heterocycles. The van der Waals surface area contributed by atoms with Gasteiger partial charge in [-0.1, -0.05) is 6.07 Å². The number of hydrogen-bond acceptors (Lipinski definition) is 6. The lowest BCUT2D eigenvalue weighted by Gasteiger charge is -2.32. The summed E-state index contributed by atoms with van der Waals surface area (Å²) in [6, 6.07) is 3.12. The molecule has 1 amide bonds. The molecule has 1 fully saturated rings. The highest BCUT2D eigenvalue weighted by Crippen LogP contribution is 2.36. The van der Waals surface area contributed by atoms with Gasteiger partial charge in [0.05, 0.1) is 18.3 Å². The third kappa shape index (κ3) is 3.09. The molecule has 2 rings (SSSR count). The second-order valence-corrected chi connectivity index (χ2v) is 6.29. The van der Waals surface area contributed by atoms with Crippen LogP contribution in [0.3, 0.4) is 0 Å². The van der Waals surface area contributed by atoms with Crippen LogP contribution in [-0.4, -0.2) is 49.3 Å². The van der Waals surface area contributed by atoms with Crippen molar-refractivity contribution in [3.63, 3.8) is 0 Å². The van der Waals surface area contributed by atoms with Gasteiger partial charge >= 0.3 is 13.1 Å². The van der Waals surface area contributed by atoms with E-state index >= 15 is 0 Å². The predicted molar refractivity (Wildman–Crippen MR) is 84.7 cm³/mol. The van der Waals surface area contributed by atoms with E-state index in [4.69, 9.17) is 14.0 Å². The smallest absolute Gasteiger partial charge is 0.464 e. The minimum absolute atomic E-state index is 0.00657. The molecule has 0 radical (unpaired) electrons. The van der Waals surface area contributed by atoms with Crippen molar-refractivity contribution in [2.45, 2.75) is 38.9 Å². The summed E-state index contributed by atoms with van der Waals surface area (Å²) in [5.74, 6) is -1.05. The van der Waals surface area contributed by atoms with E-state index in [1.165, 1.54) is 20.2 Å². The van der Waals surface area contributed by atoms with Crippen LogP contribution in [0.2, 0.25) is 0 Å². The minimum Gasteiger partial charge on any atom is -0.464 e. The van der Waals surface area contributed by atoms with Crippen molar-refractivity contribution < 1.29 is 23.6 Å². The number of amides is 1. The number of hydrogen-bond donors (Lipinski definition) is 1. The zero-order valence-electron chi connectivity index (χ0n) is 14.2. The first kappa shape index (κ1) is 17.4. The van der Waals surface area contributed by atoms with Crippen LogP contribution in [0.5, 0.6) is 0 Å². The summed E-state index contributed by atoms with van der Waals surface area (Å²) in [5.41, 5.74) is -0.543. The molecule has 0 bridgehead atoms. The number of nitrogens with one attached hydrogen (secondary N) is 1. The number of nitrogens with zero attached hydrogens (tertiary/aromatic N) is 1. The fraction of sp³-hybridized carbons (Fsp3) is 0.533. The average molecular weight is 320 g/mol. The summed E-state index contributed by atoms with van der Waals surface area (Å²) in [6.07, 6.45) is 0. The van der Waals surface area contributed by atoms with Gasteiger partial charge in [-0.2, -0.15) is 0 Å². The van der Waals surface area contributed by atoms with Gasteiger partial charge in [-0.25, -0.2) is 9.78 Å². The number of carbonyl (C=O) groups excluding carboxylic acids is 2. The van der Waals surface area contributed by atoms with Gasteiger partial charge in [0.2, 0.25) is 0 Å². The highest BCUT2D eigenvalue weighted by atomic mass is 16.7. The minimum atomic E-state index is -0.764. The van der Waals surface area contributed by atoms with Crippen LogP contribution in [0.4, 0.5) is 0 Å². The molecule has 0 saturated carbocycles. The van der Waals surface area contributed by atoms with Gasteiger partial charge in [-0.05, 0) is 33.8 Å². The first-order valence-corrected chi connectivity index (χ1v) is 7.30. The number of carbonyl (C=O) groups is 2. The van der Waals surface area contributed by atoms with Crippen LogP contribution in [0.25, 0.3) is 0 Å². The highest BCUT2D eigenvalue weighted by molar-refractivity contribution is 6.63. The Morgan fingerprint density at radius 3 is 2.22 bits per heavy atom. The third-order valence-electron chi connectivity index (χ3n) is 4.27. The van der Waals surface area contributed by atoms with Crippen LogP contribution in [-0.2, 0) is 14.0 Å². The van der Waals surface area contributed by atoms with E-state index in [9.17, 15) is 9.59 Å². The Morgan fingerprint density at radius 1 is 1.17 bits per heavy atom. The topological polar surface area (TPSA) is 86.8 Å². The molecule has 1 aromatic rings. The number of methoxy groups -OCH3 is 1. The first-order valence-electron chi connectivity index (χ1n) is 7.30.